The van der Waals surface area contributed by atoms with Gasteiger partial charge in [-0.25, -0.2) is 0 Å². The van der Waals surface area contributed by atoms with Crippen molar-refractivity contribution in [3.05, 3.63) is 34.9 Å². The molecule has 0 saturated carbocycles. The van der Waals surface area contributed by atoms with E-state index >= 15 is 0 Å². The highest BCUT2D eigenvalue weighted by atomic mass is 14.9. The molecule has 0 amide bonds. The van der Waals surface area contributed by atoms with Gasteiger partial charge in [-0.15, -0.1) is 12.8 Å². The van der Waals surface area contributed by atoms with E-state index in [4.69, 9.17) is 0 Å². The zero-order chi connectivity index (χ0) is 14.3. The van der Waals surface area contributed by atoms with E-state index in [2.05, 4.69) is 57.1 Å². The van der Waals surface area contributed by atoms with E-state index in [0.29, 0.717) is 5.41 Å². The maximum Gasteiger partial charge on any atom is 0.0205 e. The van der Waals surface area contributed by atoms with Gasteiger partial charge in [-0.1, -0.05) is 39.0 Å². The van der Waals surface area contributed by atoms with E-state index in [1.807, 2.05) is 0 Å². The number of hydrogen-bond acceptors (Lipinski definition) is 1. The number of rotatable bonds is 3. The van der Waals surface area contributed by atoms with Crippen molar-refractivity contribution in [1.29, 1.82) is 0 Å². The molecular formula is C18H27N. The first-order valence-corrected chi connectivity index (χ1v) is 7.19. The fraction of sp³-hybridized carbons (Fsp3) is 0.556. The molecule has 1 aliphatic rings. The lowest BCUT2D eigenvalue weighted by Gasteiger charge is -2.20. The lowest BCUT2D eigenvalue weighted by Crippen LogP contribution is -2.26. The highest BCUT2D eigenvalue weighted by Crippen LogP contribution is 2.22. The van der Waals surface area contributed by atoms with Gasteiger partial charge in [0.1, 0.15) is 0 Å². The van der Waals surface area contributed by atoms with Crippen LogP contribution in [0, 0.1) is 18.3 Å². The van der Waals surface area contributed by atoms with Gasteiger partial charge in [0, 0.05) is 13.1 Å². The molecule has 104 valence electrons. The summed E-state index contributed by atoms with van der Waals surface area (Å²) in [6.07, 6.45) is 13.3. The Balaban J connectivity index is 0.000000861. The van der Waals surface area contributed by atoms with Gasteiger partial charge in [0.25, 0.3) is 0 Å². The van der Waals surface area contributed by atoms with E-state index in [-0.39, 0.29) is 0 Å². The van der Waals surface area contributed by atoms with Crippen LogP contribution < -0.4 is 5.32 Å². The molecule has 0 saturated heterocycles. The van der Waals surface area contributed by atoms with Gasteiger partial charge in [0.15, 0.2) is 0 Å². The number of hydrogen-bond donors (Lipinski definition) is 1. The second kappa shape index (κ2) is 7.36. The summed E-state index contributed by atoms with van der Waals surface area (Å²) in [7, 11) is 0. The van der Waals surface area contributed by atoms with Gasteiger partial charge in [-0.3, -0.25) is 0 Å². The Morgan fingerprint density at radius 3 is 2.32 bits per heavy atom. The number of terminal acetylenes is 1. The van der Waals surface area contributed by atoms with Gasteiger partial charge in [0.05, 0.1) is 0 Å². The minimum atomic E-state index is 0.369. The van der Waals surface area contributed by atoms with Crippen LogP contribution in [-0.2, 0) is 19.4 Å². The summed E-state index contributed by atoms with van der Waals surface area (Å²) in [5, 5.41) is 3.55. The number of fused-ring (bicyclic) bond motifs is 1. The summed E-state index contributed by atoms with van der Waals surface area (Å²) in [5.74, 6) is 0. The van der Waals surface area contributed by atoms with Gasteiger partial charge >= 0.3 is 0 Å². The summed E-state index contributed by atoms with van der Waals surface area (Å²) >= 11 is 0. The Morgan fingerprint density at radius 2 is 1.68 bits per heavy atom. The summed E-state index contributed by atoms with van der Waals surface area (Å²) in [6.45, 7) is 8.89. The molecule has 1 N–H and O–H groups in total. The Hall–Kier alpha value is -1.26. The van der Waals surface area contributed by atoms with Crippen molar-refractivity contribution in [3.63, 3.8) is 0 Å². The molecule has 1 nitrogen and oxygen atoms in total. The molecule has 0 bridgehead atoms. The first kappa shape index (κ1) is 15.8. The Labute approximate surface area is 118 Å². The SMILES string of the molecule is C#C.CC(C)(C)CNCc1ccc2c(c1)CCCC2. The first-order chi connectivity index (χ1) is 9.04. The molecule has 1 aromatic carbocycles. The van der Waals surface area contributed by atoms with Gasteiger partial charge in [-0.2, -0.15) is 0 Å². The van der Waals surface area contributed by atoms with Crippen LogP contribution in [0.5, 0.6) is 0 Å². The van der Waals surface area contributed by atoms with E-state index < -0.39 is 0 Å². The van der Waals surface area contributed by atoms with E-state index in [1.165, 1.54) is 31.2 Å². The van der Waals surface area contributed by atoms with Crippen LogP contribution in [0.1, 0.15) is 50.3 Å². The smallest absolute Gasteiger partial charge is 0.0205 e. The molecule has 0 aliphatic heterocycles. The molecule has 0 radical (unpaired) electrons. The lowest BCUT2D eigenvalue weighted by molar-refractivity contribution is 0.379. The molecule has 0 spiro atoms. The number of benzene rings is 1. The molecule has 1 heteroatoms. The van der Waals surface area contributed by atoms with Gasteiger partial charge in [-0.05, 0) is 47.8 Å². The number of nitrogens with one attached hydrogen (secondary N) is 1. The third kappa shape index (κ3) is 5.49. The molecule has 2 rings (SSSR count). The molecule has 1 aliphatic carbocycles. The zero-order valence-corrected chi connectivity index (χ0v) is 12.6. The fourth-order valence-electron chi connectivity index (χ4n) is 2.48. The second-order valence-electron chi connectivity index (χ2n) is 6.47. The van der Waals surface area contributed by atoms with Crippen LogP contribution in [0.15, 0.2) is 18.2 Å². The summed E-state index contributed by atoms with van der Waals surface area (Å²) in [6, 6.07) is 7.03. The molecule has 0 atom stereocenters. The third-order valence-electron chi connectivity index (χ3n) is 3.40. The average Bonchev–Trinajstić information content (AvgIpc) is 2.39. The Bertz CT molecular complexity index is 409. The summed E-state index contributed by atoms with van der Waals surface area (Å²) < 4.78 is 0. The predicted molar refractivity (Wildman–Crippen MR) is 84.1 cm³/mol. The molecule has 0 aromatic heterocycles. The summed E-state index contributed by atoms with van der Waals surface area (Å²) in [4.78, 5) is 0. The van der Waals surface area contributed by atoms with Crippen LogP contribution in [0.4, 0.5) is 0 Å². The Morgan fingerprint density at radius 1 is 1.05 bits per heavy atom. The minimum Gasteiger partial charge on any atom is -0.312 e. The van der Waals surface area contributed by atoms with Crippen LogP contribution in [0.25, 0.3) is 0 Å². The monoisotopic (exact) mass is 257 g/mol. The topological polar surface area (TPSA) is 12.0 Å². The maximum atomic E-state index is 4.00. The average molecular weight is 257 g/mol. The van der Waals surface area contributed by atoms with Crippen molar-refractivity contribution < 1.29 is 0 Å². The minimum absolute atomic E-state index is 0.369. The Kier molecular flexibility index (Phi) is 6.12. The lowest BCUT2D eigenvalue weighted by atomic mass is 9.90. The van der Waals surface area contributed by atoms with Crippen LogP contribution >= 0.6 is 0 Å². The highest BCUT2D eigenvalue weighted by molar-refractivity contribution is 5.33. The van der Waals surface area contributed by atoms with Gasteiger partial charge in [0.2, 0.25) is 0 Å². The highest BCUT2D eigenvalue weighted by Gasteiger charge is 2.11. The summed E-state index contributed by atoms with van der Waals surface area (Å²) in [5.41, 5.74) is 4.98. The molecule has 0 fully saturated rings. The third-order valence-corrected chi connectivity index (χ3v) is 3.40. The van der Waals surface area contributed by atoms with Crippen molar-refractivity contribution in [3.8, 4) is 12.8 Å². The van der Waals surface area contributed by atoms with E-state index in [0.717, 1.165) is 13.1 Å². The van der Waals surface area contributed by atoms with Crippen molar-refractivity contribution in [2.45, 2.75) is 53.0 Å². The van der Waals surface area contributed by atoms with E-state index in [1.54, 1.807) is 11.1 Å². The molecule has 0 heterocycles. The van der Waals surface area contributed by atoms with Crippen molar-refractivity contribution in [1.82, 2.24) is 5.32 Å². The van der Waals surface area contributed by atoms with Crippen molar-refractivity contribution in [2.24, 2.45) is 5.41 Å². The van der Waals surface area contributed by atoms with Crippen LogP contribution in [-0.4, -0.2) is 6.54 Å². The van der Waals surface area contributed by atoms with Crippen molar-refractivity contribution in [2.75, 3.05) is 6.54 Å². The predicted octanol–water partition coefficient (Wildman–Crippen LogP) is 3.95. The molecular weight excluding hydrogens is 230 g/mol. The zero-order valence-electron chi connectivity index (χ0n) is 12.6. The molecule has 0 unspecified atom stereocenters. The largest absolute Gasteiger partial charge is 0.312 e. The number of aryl methyl sites for hydroxylation is 2. The maximum absolute atomic E-state index is 4.00. The fourth-order valence-corrected chi connectivity index (χ4v) is 2.48. The standard InChI is InChI=1S/C16H25N.C2H2/c1-16(2,3)12-17-11-13-8-9-14-6-4-5-7-15(14)10-13;1-2/h8-10,17H,4-7,11-12H2,1-3H3;1-2H. The van der Waals surface area contributed by atoms with Crippen molar-refractivity contribution >= 4 is 0 Å². The second-order valence-corrected chi connectivity index (χ2v) is 6.47. The van der Waals surface area contributed by atoms with Crippen LogP contribution in [0.2, 0.25) is 0 Å². The quantitative estimate of drug-likeness (QED) is 0.808. The molecule has 1 aromatic rings. The van der Waals surface area contributed by atoms with Gasteiger partial charge < -0.3 is 5.32 Å². The normalized spacial score (nSPS) is 14.2. The molecule has 19 heavy (non-hydrogen) atoms. The first-order valence-electron chi connectivity index (χ1n) is 7.19. The van der Waals surface area contributed by atoms with E-state index in [9.17, 15) is 0 Å². The van der Waals surface area contributed by atoms with Crippen LogP contribution in [0.3, 0.4) is 0 Å².